The van der Waals surface area contributed by atoms with E-state index in [1.165, 1.54) is 0 Å². The van der Waals surface area contributed by atoms with Crippen molar-refractivity contribution in [2.75, 3.05) is 12.3 Å². The molecule has 1 heterocycles. The number of aromatic nitrogens is 1. The van der Waals surface area contributed by atoms with Crippen molar-refractivity contribution in [1.29, 1.82) is 0 Å². The molecule has 4 nitrogen and oxygen atoms in total. The van der Waals surface area contributed by atoms with Crippen LogP contribution in [0.2, 0.25) is 0 Å². The van der Waals surface area contributed by atoms with Gasteiger partial charge in [-0.05, 0) is 37.8 Å². The van der Waals surface area contributed by atoms with Crippen LogP contribution in [0.1, 0.15) is 56.6 Å². The molecule has 0 aliphatic carbocycles. The van der Waals surface area contributed by atoms with E-state index in [1.54, 1.807) is 6.07 Å². The highest BCUT2D eigenvalue weighted by molar-refractivity contribution is 5.95. The summed E-state index contributed by atoms with van der Waals surface area (Å²) in [4.78, 5) is 18.9. The van der Waals surface area contributed by atoms with E-state index >= 15 is 0 Å². The smallest absolute Gasteiger partial charge is 0.254 e. The van der Waals surface area contributed by atoms with E-state index in [0.717, 1.165) is 25.1 Å². The normalized spacial score (nSPS) is 11.2. The number of hydrogen-bond acceptors (Lipinski definition) is 3. The molecule has 0 fully saturated rings. The maximum absolute atomic E-state index is 12.8. The molecule has 0 saturated carbocycles. The Balaban J connectivity index is 3.08. The predicted octanol–water partition coefficient (Wildman–Crippen LogP) is 3.26. The summed E-state index contributed by atoms with van der Waals surface area (Å²) in [5.74, 6) is 0.909. The Morgan fingerprint density at radius 3 is 2.35 bits per heavy atom. The van der Waals surface area contributed by atoms with Gasteiger partial charge >= 0.3 is 0 Å². The zero-order valence-corrected chi connectivity index (χ0v) is 13.3. The first-order valence-corrected chi connectivity index (χ1v) is 7.44. The van der Waals surface area contributed by atoms with Crippen LogP contribution in [-0.4, -0.2) is 28.4 Å². The molecule has 0 radical (unpaired) electrons. The molecular weight excluding hydrogens is 250 g/mol. The maximum Gasteiger partial charge on any atom is 0.254 e. The van der Waals surface area contributed by atoms with Crippen LogP contribution in [0.5, 0.6) is 0 Å². The van der Waals surface area contributed by atoms with Gasteiger partial charge in [-0.15, -0.1) is 0 Å². The number of carbonyl (C=O) groups excluding carboxylic acids is 1. The number of aryl methyl sites for hydroxylation is 1. The molecule has 1 aromatic heterocycles. The number of nitrogens with zero attached hydrogens (tertiary/aromatic N) is 2. The monoisotopic (exact) mass is 277 g/mol. The molecule has 0 aliphatic rings. The molecule has 0 saturated heterocycles. The lowest BCUT2D eigenvalue weighted by molar-refractivity contribution is 0.0640. The van der Waals surface area contributed by atoms with E-state index in [2.05, 4.69) is 32.7 Å². The Hall–Kier alpha value is -1.58. The van der Waals surface area contributed by atoms with Crippen molar-refractivity contribution in [2.45, 2.75) is 53.5 Å². The average molecular weight is 277 g/mol. The minimum atomic E-state index is 0.0598. The van der Waals surface area contributed by atoms with Gasteiger partial charge in [-0.3, -0.25) is 4.79 Å². The minimum absolute atomic E-state index is 0.0598. The number of pyridine rings is 1. The van der Waals surface area contributed by atoms with E-state index < -0.39 is 0 Å². The first-order valence-electron chi connectivity index (χ1n) is 7.44. The fraction of sp³-hybridized carbons (Fsp3) is 0.625. The first-order chi connectivity index (χ1) is 9.38. The van der Waals surface area contributed by atoms with Gasteiger partial charge in [0.2, 0.25) is 0 Å². The zero-order chi connectivity index (χ0) is 15.3. The van der Waals surface area contributed by atoms with Crippen LogP contribution in [0, 0.1) is 12.8 Å². The third-order valence-corrected chi connectivity index (χ3v) is 3.43. The second kappa shape index (κ2) is 7.27. The molecule has 1 rings (SSSR count). The summed E-state index contributed by atoms with van der Waals surface area (Å²) >= 11 is 0. The number of anilines is 1. The van der Waals surface area contributed by atoms with Crippen molar-refractivity contribution >= 4 is 11.7 Å². The van der Waals surface area contributed by atoms with Crippen molar-refractivity contribution in [1.82, 2.24) is 9.88 Å². The van der Waals surface area contributed by atoms with Gasteiger partial charge in [0.05, 0.1) is 0 Å². The molecule has 1 aromatic rings. The number of carbonyl (C=O) groups is 1. The van der Waals surface area contributed by atoms with E-state index in [4.69, 9.17) is 5.73 Å². The molecule has 2 N–H and O–H groups in total. The summed E-state index contributed by atoms with van der Waals surface area (Å²) in [5.41, 5.74) is 7.18. The topological polar surface area (TPSA) is 59.2 Å². The van der Waals surface area contributed by atoms with Crippen molar-refractivity contribution in [3.05, 3.63) is 23.4 Å². The Morgan fingerprint density at radius 1 is 1.30 bits per heavy atom. The standard InChI is InChI=1S/C16H27N3O/c1-6-14(7-2)19(10-11(3)4)16(20)13-8-12(5)18-15(17)9-13/h8-9,11,14H,6-7,10H2,1-5H3,(H2,17,18). The SMILES string of the molecule is CCC(CC)N(CC(C)C)C(=O)c1cc(C)nc(N)c1. The van der Waals surface area contributed by atoms with Crippen LogP contribution in [0.4, 0.5) is 5.82 Å². The number of nitrogens with two attached hydrogens (primary N) is 1. The van der Waals surface area contributed by atoms with Gasteiger partial charge in [-0.25, -0.2) is 4.98 Å². The summed E-state index contributed by atoms with van der Waals surface area (Å²) in [6.45, 7) is 11.1. The molecule has 0 atom stereocenters. The molecule has 0 bridgehead atoms. The van der Waals surface area contributed by atoms with Gasteiger partial charge < -0.3 is 10.6 Å². The average Bonchev–Trinajstić information content (AvgIpc) is 2.36. The highest BCUT2D eigenvalue weighted by Crippen LogP contribution is 2.17. The third kappa shape index (κ3) is 4.22. The fourth-order valence-electron chi connectivity index (χ4n) is 2.50. The number of nitrogen functional groups attached to an aromatic ring is 1. The number of hydrogen-bond donors (Lipinski definition) is 1. The highest BCUT2D eigenvalue weighted by atomic mass is 16.2. The number of rotatable bonds is 6. The van der Waals surface area contributed by atoms with E-state index in [1.807, 2.05) is 17.9 Å². The predicted molar refractivity (Wildman–Crippen MR) is 83.6 cm³/mol. The maximum atomic E-state index is 12.8. The Kier molecular flexibility index (Phi) is 5.99. The molecule has 1 amide bonds. The van der Waals surface area contributed by atoms with Crippen LogP contribution >= 0.6 is 0 Å². The van der Waals surface area contributed by atoms with Crippen molar-refractivity contribution in [3.8, 4) is 0 Å². The molecule has 20 heavy (non-hydrogen) atoms. The largest absolute Gasteiger partial charge is 0.384 e. The Morgan fingerprint density at radius 2 is 1.90 bits per heavy atom. The lowest BCUT2D eigenvalue weighted by Gasteiger charge is -2.32. The van der Waals surface area contributed by atoms with Gasteiger partial charge in [-0.2, -0.15) is 0 Å². The van der Waals surface area contributed by atoms with Gasteiger partial charge in [0.25, 0.3) is 5.91 Å². The zero-order valence-electron chi connectivity index (χ0n) is 13.3. The van der Waals surface area contributed by atoms with Crippen LogP contribution < -0.4 is 5.73 Å². The second-order valence-corrected chi connectivity index (χ2v) is 5.74. The Bertz CT molecular complexity index is 433. The summed E-state index contributed by atoms with van der Waals surface area (Å²) in [6, 6.07) is 3.76. The molecule has 0 aliphatic heterocycles. The number of amides is 1. The molecule has 0 aromatic carbocycles. The van der Waals surface area contributed by atoms with Crippen LogP contribution in [0.15, 0.2) is 12.1 Å². The molecule has 0 unspecified atom stereocenters. The van der Waals surface area contributed by atoms with Gasteiger partial charge in [0, 0.05) is 23.8 Å². The molecular formula is C16H27N3O. The molecule has 0 spiro atoms. The third-order valence-electron chi connectivity index (χ3n) is 3.43. The van der Waals surface area contributed by atoms with Gasteiger partial charge in [-0.1, -0.05) is 27.7 Å². The van der Waals surface area contributed by atoms with Crippen LogP contribution in [0.25, 0.3) is 0 Å². The van der Waals surface area contributed by atoms with Gasteiger partial charge in [0.15, 0.2) is 0 Å². The highest BCUT2D eigenvalue weighted by Gasteiger charge is 2.23. The lowest BCUT2D eigenvalue weighted by atomic mass is 10.1. The Labute approximate surface area is 122 Å². The lowest BCUT2D eigenvalue weighted by Crippen LogP contribution is -2.42. The summed E-state index contributed by atoms with van der Waals surface area (Å²) < 4.78 is 0. The summed E-state index contributed by atoms with van der Waals surface area (Å²) in [5, 5.41) is 0. The minimum Gasteiger partial charge on any atom is -0.384 e. The van der Waals surface area contributed by atoms with Crippen molar-refractivity contribution in [3.63, 3.8) is 0 Å². The molecule has 4 heteroatoms. The van der Waals surface area contributed by atoms with Crippen molar-refractivity contribution in [2.24, 2.45) is 5.92 Å². The summed E-state index contributed by atoms with van der Waals surface area (Å²) in [7, 11) is 0. The van der Waals surface area contributed by atoms with Gasteiger partial charge in [0.1, 0.15) is 5.82 Å². The summed E-state index contributed by atoms with van der Waals surface area (Å²) in [6.07, 6.45) is 1.93. The van der Waals surface area contributed by atoms with Crippen LogP contribution in [0.3, 0.4) is 0 Å². The van der Waals surface area contributed by atoms with E-state index in [9.17, 15) is 4.79 Å². The fourth-order valence-corrected chi connectivity index (χ4v) is 2.50. The van der Waals surface area contributed by atoms with Crippen LogP contribution in [-0.2, 0) is 0 Å². The van der Waals surface area contributed by atoms with E-state index in [0.29, 0.717) is 17.3 Å². The first kappa shape index (κ1) is 16.5. The quantitative estimate of drug-likeness (QED) is 0.868. The van der Waals surface area contributed by atoms with Crippen molar-refractivity contribution < 1.29 is 4.79 Å². The van der Waals surface area contributed by atoms with E-state index in [-0.39, 0.29) is 11.9 Å². The second-order valence-electron chi connectivity index (χ2n) is 5.74. The molecule has 112 valence electrons.